The molecule has 0 heterocycles. The van der Waals surface area contributed by atoms with Gasteiger partial charge in [0.2, 0.25) is 0 Å². The van der Waals surface area contributed by atoms with Crippen molar-refractivity contribution in [3.63, 3.8) is 0 Å². The molecular formula is C7H11ClSi. The fourth-order valence-corrected chi connectivity index (χ4v) is 0.869. The maximum Gasteiger partial charge on any atom is 0.129 e. The van der Waals surface area contributed by atoms with Gasteiger partial charge in [-0.3, -0.25) is 0 Å². The Morgan fingerprint density at radius 2 is 1.89 bits per heavy atom. The molecule has 2 heteroatoms. The topological polar surface area (TPSA) is 0 Å². The molecule has 0 atom stereocenters. The van der Waals surface area contributed by atoms with Crippen LogP contribution in [0.2, 0.25) is 19.6 Å². The fourth-order valence-electron chi connectivity index (χ4n) is 0.290. The third-order valence-corrected chi connectivity index (χ3v) is 1.61. The van der Waals surface area contributed by atoms with Crippen molar-refractivity contribution in [1.29, 1.82) is 0 Å². The highest BCUT2D eigenvalue weighted by molar-refractivity contribution is 6.83. The highest BCUT2D eigenvalue weighted by atomic mass is 35.5. The van der Waals surface area contributed by atoms with Crippen molar-refractivity contribution in [2.75, 3.05) is 0 Å². The predicted molar refractivity (Wildman–Crippen MR) is 46.1 cm³/mol. The highest BCUT2D eigenvalue weighted by Crippen LogP contribution is 1.95. The van der Waals surface area contributed by atoms with Crippen LogP contribution in [-0.2, 0) is 0 Å². The molecule has 0 aliphatic carbocycles. The van der Waals surface area contributed by atoms with Crippen LogP contribution in [0.4, 0.5) is 0 Å². The Balaban J connectivity index is 3.88. The standard InChI is InChI=1S/C7H11ClSi/c1-9(2,3)7-5-4-6-8/h4,6H,1-3H3/b6-4+. The van der Waals surface area contributed by atoms with Crippen LogP contribution >= 0.6 is 11.6 Å². The molecule has 9 heavy (non-hydrogen) atoms. The van der Waals surface area contributed by atoms with Gasteiger partial charge in [-0.1, -0.05) is 37.2 Å². The summed E-state index contributed by atoms with van der Waals surface area (Å²) in [7, 11) is -1.17. The number of halogens is 1. The predicted octanol–water partition coefficient (Wildman–Crippen LogP) is 2.62. The van der Waals surface area contributed by atoms with E-state index in [1.165, 1.54) is 5.54 Å². The molecule has 0 saturated heterocycles. The second-order valence-corrected chi connectivity index (χ2v) is 7.81. The van der Waals surface area contributed by atoms with Crippen LogP contribution in [0.15, 0.2) is 11.6 Å². The summed E-state index contributed by atoms with van der Waals surface area (Å²) in [5.41, 5.74) is 4.58. The van der Waals surface area contributed by atoms with E-state index in [2.05, 4.69) is 31.1 Å². The minimum atomic E-state index is -1.17. The molecule has 0 unspecified atom stereocenters. The van der Waals surface area contributed by atoms with Gasteiger partial charge in [0, 0.05) is 5.54 Å². The van der Waals surface area contributed by atoms with E-state index in [1.807, 2.05) is 0 Å². The summed E-state index contributed by atoms with van der Waals surface area (Å²) >= 11 is 5.26. The minimum absolute atomic E-state index is 1.17. The van der Waals surface area contributed by atoms with Crippen molar-refractivity contribution in [3.05, 3.63) is 11.6 Å². The zero-order chi connectivity index (χ0) is 7.33. The molecular weight excluding hydrogens is 148 g/mol. The summed E-state index contributed by atoms with van der Waals surface area (Å²) in [4.78, 5) is 0. The Bertz CT molecular complexity index is 154. The molecule has 0 fully saturated rings. The molecule has 0 aromatic carbocycles. The van der Waals surface area contributed by atoms with Crippen molar-refractivity contribution in [3.8, 4) is 11.5 Å². The van der Waals surface area contributed by atoms with Gasteiger partial charge in [-0.05, 0) is 6.08 Å². The van der Waals surface area contributed by atoms with Gasteiger partial charge in [-0.15, -0.1) is 5.54 Å². The molecule has 0 aromatic heterocycles. The molecule has 0 aliphatic rings. The fraction of sp³-hybridized carbons (Fsp3) is 0.429. The summed E-state index contributed by atoms with van der Waals surface area (Å²) in [5.74, 6) is 2.87. The van der Waals surface area contributed by atoms with Gasteiger partial charge >= 0.3 is 0 Å². The monoisotopic (exact) mass is 158 g/mol. The Labute approximate surface area is 62.9 Å². The largest absolute Gasteiger partial charge is 0.129 e. The summed E-state index contributed by atoms with van der Waals surface area (Å²) in [6.07, 6.45) is 1.67. The Kier molecular flexibility index (Phi) is 3.68. The molecule has 0 spiro atoms. The third kappa shape index (κ3) is 7.81. The highest BCUT2D eigenvalue weighted by Gasteiger charge is 2.06. The van der Waals surface area contributed by atoms with E-state index in [9.17, 15) is 0 Å². The van der Waals surface area contributed by atoms with Crippen molar-refractivity contribution >= 4 is 19.7 Å². The third-order valence-electron chi connectivity index (χ3n) is 0.593. The van der Waals surface area contributed by atoms with Gasteiger partial charge in [0.15, 0.2) is 0 Å². The minimum Gasteiger partial charge on any atom is -0.127 e. The van der Waals surface area contributed by atoms with E-state index in [4.69, 9.17) is 11.6 Å². The molecule has 50 valence electrons. The smallest absolute Gasteiger partial charge is 0.127 e. The molecule has 0 N–H and O–H groups in total. The van der Waals surface area contributed by atoms with E-state index < -0.39 is 8.07 Å². The van der Waals surface area contributed by atoms with Gasteiger partial charge in [0.25, 0.3) is 0 Å². The second kappa shape index (κ2) is 3.76. The lowest BCUT2D eigenvalue weighted by atomic mass is 10.7. The molecule has 0 saturated carbocycles. The van der Waals surface area contributed by atoms with Crippen molar-refractivity contribution in [2.24, 2.45) is 0 Å². The normalized spacial score (nSPS) is 11.1. The molecule has 0 nitrogen and oxygen atoms in total. The number of rotatable bonds is 0. The Morgan fingerprint density at radius 3 is 2.22 bits per heavy atom. The van der Waals surface area contributed by atoms with Crippen molar-refractivity contribution in [2.45, 2.75) is 19.6 Å². The first-order valence-electron chi connectivity index (χ1n) is 2.84. The van der Waals surface area contributed by atoms with Crippen LogP contribution in [0.3, 0.4) is 0 Å². The Hall–Kier alpha value is -0.193. The van der Waals surface area contributed by atoms with Crippen LogP contribution in [0, 0.1) is 11.5 Å². The lowest BCUT2D eigenvalue weighted by molar-refractivity contribution is 1.81. The number of hydrogen-bond donors (Lipinski definition) is 0. The van der Waals surface area contributed by atoms with Crippen LogP contribution in [-0.4, -0.2) is 8.07 Å². The average Bonchev–Trinajstić information content (AvgIpc) is 1.63. The summed E-state index contributed by atoms with van der Waals surface area (Å²) in [5, 5.41) is 0. The van der Waals surface area contributed by atoms with Crippen molar-refractivity contribution in [1.82, 2.24) is 0 Å². The van der Waals surface area contributed by atoms with Crippen LogP contribution in [0.25, 0.3) is 0 Å². The van der Waals surface area contributed by atoms with Crippen LogP contribution < -0.4 is 0 Å². The van der Waals surface area contributed by atoms with E-state index in [1.54, 1.807) is 6.08 Å². The van der Waals surface area contributed by atoms with Gasteiger partial charge in [-0.2, -0.15) is 0 Å². The SMILES string of the molecule is C[Si](C)(C)C#C/C=C/Cl. The first kappa shape index (κ1) is 8.81. The molecule has 0 aliphatic heterocycles. The molecule has 0 bridgehead atoms. The molecule has 0 radical (unpaired) electrons. The zero-order valence-electron chi connectivity index (χ0n) is 6.03. The Morgan fingerprint density at radius 1 is 1.33 bits per heavy atom. The molecule has 0 rings (SSSR count). The first-order valence-corrected chi connectivity index (χ1v) is 6.78. The summed E-state index contributed by atoms with van der Waals surface area (Å²) in [6.45, 7) is 6.59. The van der Waals surface area contributed by atoms with Gasteiger partial charge in [0.1, 0.15) is 8.07 Å². The van der Waals surface area contributed by atoms with Crippen LogP contribution in [0.1, 0.15) is 0 Å². The number of hydrogen-bond acceptors (Lipinski definition) is 0. The van der Waals surface area contributed by atoms with Gasteiger partial charge in [-0.25, -0.2) is 0 Å². The van der Waals surface area contributed by atoms with Gasteiger partial charge < -0.3 is 0 Å². The summed E-state index contributed by atoms with van der Waals surface area (Å²) < 4.78 is 0. The maximum absolute atomic E-state index is 5.26. The molecule has 0 aromatic rings. The molecule has 0 amide bonds. The quantitative estimate of drug-likeness (QED) is 0.376. The van der Waals surface area contributed by atoms with E-state index >= 15 is 0 Å². The second-order valence-electron chi connectivity index (χ2n) is 2.81. The lowest BCUT2D eigenvalue weighted by Crippen LogP contribution is -2.16. The summed E-state index contributed by atoms with van der Waals surface area (Å²) in [6, 6.07) is 0. The zero-order valence-corrected chi connectivity index (χ0v) is 7.79. The number of allylic oxidation sites excluding steroid dienone is 1. The van der Waals surface area contributed by atoms with E-state index in [0.29, 0.717) is 0 Å². The average molecular weight is 159 g/mol. The lowest BCUT2D eigenvalue weighted by Gasteiger charge is -2.01. The first-order chi connectivity index (χ1) is 4.06. The van der Waals surface area contributed by atoms with Crippen LogP contribution in [0.5, 0.6) is 0 Å². The van der Waals surface area contributed by atoms with Crippen molar-refractivity contribution < 1.29 is 0 Å². The van der Waals surface area contributed by atoms with Gasteiger partial charge in [0.05, 0.1) is 0 Å². The maximum atomic E-state index is 5.26. The van der Waals surface area contributed by atoms with E-state index in [-0.39, 0.29) is 0 Å². The van der Waals surface area contributed by atoms with E-state index in [0.717, 1.165) is 0 Å².